The second-order valence-electron chi connectivity index (χ2n) is 7.28. The van der Waals surface area contributed by atoms with Crippen molar-refractivity contribution in [2.75, 3.05) is 12.3 Å². The Morgan fingerprint density at radius 3 is 2.96 bits per heavy atom. The molecular weight excluding hydrogens is 356 g/mol. The largest absolute Gasteiger partial charge is 0.357 e. The number of hydrogen-bond acceptors (Lipinski definition) is 4. The quantitative estimate of drug-likeness (QED) is 0.577. The van der Waals surface area contributed by atoms with E-state index in [0.717, 1.165) is 56.4 Å². The highest BCUT2D eigenvalue weighted by molar-refractivity contribution is 7.99. The first-order valence-electron chi connectivity index (χ1n) is 9.17. The average molecular weight is 376 g/mol. The summed E-state index contributed by atoms with van der Waals surface area (Å²) in [5.41, 5.74) is 7.73. The molecule has 5 nitrogen and oxygen atoms in total. The van der Waals surface area contributed by atoms with Gasteiger partial charge in [0.25, 0.3) is 5.91 Å². The van der Waals surface area contributed by atoms with E-state index in [4.69, 9.17) is 9.97 Å². The predicted octanol–water partition coefficient (Wildman–Crippen LogP) is 4.20. The minimum absolute atomic E-state index is 0.00467. The molecule has 1 amide bonds. The third-order valence-electron chi connectivity index (χ3n) is 5.31. The average Bonchev–Trinajstić information content (AvgIpc) is 3.11. The van der Waals surface area contributed by atoms with Gasteiger partial charge in [-0.3, -0.25) is 4.79 Å². The highest BCUT2D eigenvalue weighted by Gasteiger charge is 2.28. The van der Waals surface area contributed by atoms with E-state index >= 15 is 0 Å². The van der Waals surface area contributed by atoms with Crippen LogP contribution in [-0.4, -0.2) is 33.2 Å². The van der Waals surface area contributed by atoms with E-state index in [-0.39, 0.29) is 11.8 Å². The fraction of sp³-hybridized carbons (Fsp3) is 0.286. The molecule has 0 saturated heterocycles. The van der Waals surface area contributed by atoms with E-state index < -0.39 is 0 Å². The van der Waals surface area contributed by atoms with Gasteiger partial charge in [-0.05, 0) is 32.4 Å². The molecule has 6 heteroatoms. The summed E-state index contributed by atoms with van der Waals surface area (Å²) in [6.07, 6.45) is 3.19. The van der Waals surface area contributed by atoms with E-state index in [9.17, 15) is 4.79 Å². The second kappa shape index (κ2) is 6.23. The lowest BCUT2D eigenvalue weighted by Gasteiger charge is -2.22. The number of H-pyrrole nitrogens is 1. The van der Waals surface area contributed by atoms with Crippen molar-refractivity contribution >= 4 is 28.7 Å². The van der Waals surface area contributed by atoms with Gasteiger partial charge < -0.3 is 10.3 Å². The molecule has 2 aliphatic rings. The van der Waals surface area contributed by atoms with Gasteiger partial charge in [0.05, 0.1) is 22.3 Å². The molecule has 4 bridgehead atoms. The Hall–Kier alpha value is -2.60. The van der Waals surface area contributed by atoms with Crippen LogP contribution in [0.2, 0.25) is 0 Å². The van der Waals surface area contributed by atoms with Gasteiger partial charge in [-0.25, -0.2) is 9.97 Å². The van der Waals surface area contributed by atoms with Crippen LogP contribution in [0.3, 0.4) is 0 Å². The van der Waals surface area contributed by atoms with Crippen LogP contribution in [0.15, 0.2) is 40.9 Å². The van der Waals surface area contributed by atoms with E-state index in [1.165, 1.54) is 5.57 Å². The summed E-state index contributed by atoms with van der Waals surface area (Å²) in [5.74, 6) is 1.15. The molecule has 5 rings (SSSR count). The zero-order valence-corrected chi connectivity index (χ0v) is 16.1. The van der Waals surface area contributed by atoms with Crippen LogP contribution < -0.4 is 5.32 Å². The number of para-hydroxylation sites is 1. The van der Waals surface area contributed by atoms with Gasteiger partial charge in [-0.15, -0.1) is 11.8 Å². The number of nitrogens with one attached hydrogen (secondary N) is 2. The van der Waals surface area contributed by atoms with Crippen LogP contribution in [-0.2, 0) is 0 Å². The number of carbonyl (C=O) groups excluding carboxylic acids is 1. The zero-order valence-electron chi connectivity index (χ0n) is 15.3. The molecule has 0 aliphatic carbocycles. The lowest BCUT2D eigenvalue weighted by Crippen LogP contribution is -2.34. The molecule has 136 valence electrons. The minimum Gasteiger partial charge on any atom is -0.357 e. The predicted molar refractivity (Wildman–Crippen MR) is 108 cm³/mol. The Morgan fingerprint density at radius 2 is 2.07 bits per heavy atom. The second-order valence-corrected chi connectivity index (χ2v) is 8.24. The molecule has 27 heavy (non-hydrogen) atoms. The third kappa shape index (κ3) is 2.75. The van der Waals surface area contributed by atoms with E-state index in [1.54, 1.807) is 11.8 Å². The first-order chi connectivity index (χ1) is 13.1. The standard InChI is InChI=1S/C21H20N4OS/c1-11-6-7-13-9-22-20(26)15-8-17(24-18(13)15)14-4-3-5-16-19(14)25-21(27-10-11)12(2)23-16/h3-6,8,13,24H,7,9-10H2,1-2H3,(H,22,26). The minimum atomic E-state index is -0.00467. The molecule has 2 aromatic heterocycles. The highest BCUT2D eigenvalue weighted by Crippen LogP contribution is 2.35. The zero-order chi connectivity index (χ0) is 18.5. The van der Waals surface area contributed by atoms with Crippen LogP contribution >= 0.6 is 11.8 Å². The maximum absolute atomic E-state index is 12.4. The summed E-state index contributed by atoms with van der Waals surface area (Å²) in [5, 5.41) is 4.00. The summed E-state index contributed by atoms with van der Waals surface area (Å²) in [6.45, 7) is 4.84. The summed E-state index contributed by atoms with van der Waals surface area (Å²) >= 11 is 1.74. The number of allylic oxidation sites excluding steroid dienone is 1. The Kier molecular flexibility index (Phi) is 3.82. The lowest BCUT2D eigenvalue weighted by molar-refractivity contribution is 0.0940. The van der Waals surface area contributed by atoms with E-state index in [2.05, 4.69) is 23.3 Å². The number of rotatable bonds is 0. The van der Waals surface area contributed by atoms with Crippen molar-refractivity contribution in [1.29, 1.82) is 0 Å². The van der Waals surface area contributed by atoms with Crippen LogP contribution in [0.4, 0.5) is 0 Å². The Bertz CT molecular complexity index is 1110. The SMILES string of the molecule is CC1=CCC2CNC(=O)c3cc([nH]c32)-c2cccc3nc(C)c(nc23)SC1. The molecule has 0 fully saturated rings. The Balaban J connectivity index is 1.79. The van der Waals surface area contributed by atoms with Crippen molar-refractivity contribution in [2.24, 2.45) is 0 Å². The van der Waals surface area contributed by atoms with Crippen molar-refractivity contribution in [3.63, 3.8) is 0 Å². The number of amides is 1. The van der Waals surface area contributed by atoms with Crippen LogP contribution in [0.5, 0.6) is 0 Å². The van der Waals surface area contributed by atoms with Gasteiger partial charge in [0, 0.05) is 35.2 Å². The fourth-order valence-electron chi connectivity index (χ4n) is 3.83. The van der Waals surface area contributed by atoms with Gasteiger partial charge in [0.2, 0.25) is 0 Å². The topological polar surface area (TPSA) is 70.7 Å². The number of thioether (sulfide) groups is 1. The number of aromatic nitrogens is 3. The molecule has 1 atom stereocenters. The monoisotopic (exact) mass is 376 g/mol. The van der Waals surface area contributed by atoms with Gasteiger partial charge >= 0.3 is 0 Å². The highest BCUT2D eigenvalue weighted by atomic mass is 32.2. The summed E-state index contributed by atoms with van der Waals surface area (Å²) in [7, 11) is 0. The smallest absolute Gasteiger partial charge is 0.253 e. The number of nitrogens with zero attached hydrogens (tertiary/aromatic N) is 2. The van der Waals surface area contributed by atoms with Crippen molar-refractivity contribution in [3.05, 3.63) is 52.9 Å². The van der Waals surface area contributed by atoms with Gasteiger partial charge in [0.15, 0.2) is 0 Å². The molecule has 2 aliphatic heterocycles. The lowest BCUT2D eigenvalue weighted by atomic mass is 9.93. The van der Waals surface area contributed by atoms with Crippen molar-refractivity contribution < 1.29 is 4.79 Å². The number of aromatic amines is 1. The number of carbonyl (C=O) groups is 1. The normalized spacial score (nSPS) is 19.1. The number of fused-ring (bicyclic) bond motifs is 3. The molecule has 3 aromatic rings. The molecule has 4 heterocycles. The third-order valence-corrected chi connectivity index (χ3v) is 6.57. The summed E-state index contributed by atoms with van der Waals surface area (Å²) < 4.78 is 0. The first-order valence-corrected chi connectivity index (χ1v) is 10.2. The summed E-state index contributed by atoms with van der Waals surface area (Å²) in [4.78, 5) is 25.7. The van der Waals surface area contributed by atoms with Crippen molar-refractivity contribution in [1.82, 2.24) is 20.3 Å². The molecule has 1 aromatic carbocycles. The van der Waals surface area contributed by atoms with Gasteiger partial charge in [0.1, 0.15) is 5.03 Å². The van der Waals surface area contributed by atoms with Gasteiger partial charge in [-0.2, -0.15) is 0 Å². The fourth-order valence-corrected chi connectivity index (χ4v) is 4.72. The molecule has 2 N–H and O–H groups in total. The number of benzene rings is 1. The number of hydrogen-bond donors (Lipinski definition) is 2. The van der Waals surface area contributed by atoms with Crippen LogP contribution in [0.1, 0.15) is 41.0 Å². The summed E-state index contributed by atoms with van der Waals surface area (Å²) in [6, 6.07) is 8.01. The van der Waals surface area contributed by atoms with Crippen molar-refractivity contribution in [3.8, 4) is 11.3 Å². The number of aryl methyl sites for hydroxylation is 1. The molecule has 0 saturated carbocycles. The Morgan fingerprint density at radius 1 is 1.19 bits per heavy atom. The van der Waals surface area contributed by atoms with Crippen LogP contribution in [0, 0.1) is 6.92 Å². The van der Waals surface area contributed by atoms with E-state index in [0.29, 0.717) is 6.54 Å². The molecule has 0 radical (unpaired) electrons. The van der Waals surface area contributed by atoms with Crippen LogP contribution in [0.25, 0.3) is 22.3 Å². The molecule has 0 spiro atoms. The van der Waals surface area contributed by atoms with Crippen molar-refractivity contribution in [2.45, 2.75) is 31.2 Å². The van der Waals surface area contributed by atoms with E-state index in [1.807, 2.05) is 31.2 Å². The first kappa shape index (κ1) is 16.6. The molecular formula is C21H20N4OS. The Labute approximate surface area is 161 Å². The molecule has 1 unspecified atom stereocenters. The maximum Gasteiger partial charge on any atom is 0.253 e. The maximum atomic E-state index is 12.4. The van der Waals surface area contributed by atoms with Gasteiger partial charge in [-0.1, -0.05) is 23.8 Å².